The molecule has 0 aliphatic carbocycles. The summed E-state index contributed by atoms with van der Waals surface area (Å²) in [5.74, 6) is 1.21. The summed E-state index contributed by atoms with van der Waals surface area (Å²) in [7, 11) is 3.21. The number of rotatable bonds is 5. The van der Waals surface area contributed by atoms with Crippen LogP contribution in [-0.4, -0.2) is 24.2 Å². The number of anilines is 1. The Hall–Kier alpha value is -2.30. The molecule has 0 unspecified atom stereocenters. The first kappa shape index (κ1) is 12.2. The molecule has 5 heteroatoms. The predicted molar refractivity (Wildman–Crippen MR) is 68.9 cm³/mol. The first-order valence-corrected chi connectivity index (χ1v) is 5.55. The number of nitrogens with one attached hydrogen (secondary N) is 1. The van der Waals surface area contributed by atoms with Gasteiger partial charge in [0.25, 0.3) is 0 Å². The van der Waals surface area contributed by atoms with E-state index in [4.69, 9.17) is 9.47 Å². The molecule has 0 spiro atoms. The van der Waals surface area contributed by atoms with Crippen LogP contribution in [0.25, 0.3) is 0 Å². The Balaban J connectivity index is 2.06. The monoisotopic (exact) mass is 245 g/mol. The van der Waals surface area contributed by atoms with Crippen LogP contribution in [0.15, 0.2) is 36.7 Å². The average molecular weight is 245 g/mol. The van der Waals surface area contributed by atoms with E-state index >= 15 is 0 Å². The Morgan fingerprint density at radius 2 is 2.00 bits per heavy atom. The van der Waals surface area contributed by atoms with E-state index in [0.717, 1.165) is 11.3 Å². The van der Waals surface area contributed by atoms with Gasteiger partial charge in [-0.3, -0.25) is 0 Å². The molecule has 2 heterocycles. The molecule has 0 saturated carbocycles. The maximum absolute atomic E-state index is 5.19. The third-order valence-corrected chi connectivity index (χ3v) is 2.47. The van der Waals surface area contributed by atoms with E-state index in [1.165, 1.54) is 0 Å². The first-order chi connectivity index (χ1) is 8.83. The van der Waals surface area contributed by atoms with Crippen LogP contribution in [0.2, 0.25) is 0 Å². The van der Waals surface area contributed by atoms with Crippen molar-refractivity contribution >= 4 is 5.69 Å². The molecular formula is C13H15N3O2. The number of ether oxygens (including phenoxy) is 2. The Morgan fingerprint density at radius 1 is 1.11 bits per heavy atom. The summed E-state index contributed by atoms with van der Waals surface area (Å²) in [6.07, 6.45) is 3.40. The molecule has 2 aromatic heterocycles. The Bertz CT molecular complexity index is 517. The van der Waals surface area contributed by atoms with Crippen molar-refractivity contribution in [2.24, 2.45) is 0 Å². The van der Waals surface area contributed by atoms with Gasteiger partial charge in [-0.2, -0.15) is 0 Å². The lowest BCUT2D eigenvalue weighted by Gasteiger charge is -2.09. The van der Waals surface area contributed by atoms with Gasteiger partial charge in [0.2, 0.25) is 11.8 Å². The van der Waals surface area contributed by atoms with E-state index in [1.54, 1.807) is 26.6 Å². The molecule has 0 bridgehead atoms. The minimum absolute atomic E-state index is 0.582. The van der Waals surface area contributed by atoms with Gasteiger partial charge in [0.05, 0.1) is 14.2 Å². The number of nitrogens with zero attached hydrogens (tertiary/aromatic N) is 2. The summed E-state index contributed by atoms with van der Waals surface area (Å²) in [4.78, 5) is 8.19. The van der Waals surface area contributed by atoms with Gasteiger partial charge in [0, 0.05) is 36.3 Å². The highest BCUT2D eigenvalue weighted by Gasteiger charge is 2.03. The highest BCUT2D eigenvalue weighted by molar-refractivity contribution is 5.46. The van der Waals surface area contributed by atoms with Gasteiger partial charge in [-0.25, -0.2) is 9.97 Å². The van der Waals surface area contributed by atoms with Crippen molar-refractivity contribution in [1.29, 1.82) is 0 Å². The van der Waals surface area contributed by atoms with Crippen LogP contribution in [0, 0.1) is 0 Å². The lowest BCUT2D eigenvalue weighted by atomic mass is 10.2. The van der Waals surface area contributed by atoms with E-state index in [9.17, 15) is 0 Å². The molecule has 0 fully saturated rings. The van der Waals surface area contributed by atoms with E-state index in [0.29, 0.717) is 18.3 Å². The molecule has 2 aromatic rings. The molecule has 5 nitrogen and oxygen atoms in total. The highest BCUT2D eigenvalue weighted by Crippen LogP contribution is 2.18. The standard InChI is InChI=1S/C13H15N3O2/c1-17-12-8-11(5-7-14-12)16-9-10-4-3-6-15-13(10)18-2/h3-8H,9H2,1-2H3,(H,14,16). The zero-order valence-electron chi connectivity index (χ0n) is 10.4. The van der Waals surface area contributed by atoms with Gasteiger partial charge < -0.3 is 14.8 Å². The van der Waals surface area contributed by atoms with E-state index in [1.807, 2.05) is 24.3 Å². The molecule has 0 saturated heterocycles. The van der Waals surface area contributed by atoms with Gasteiger partial charge in [0.1, 0.15) is 0 Å². The number of hydrogen-bond donors (Lipinski definition) is 1. The van der Waals surface area contributed by atoms with Crippen LogP contribution in [0.3, 0.4) is 0 Å². The SMILES string of the molecule is COc1cc(NCc2cccnc2OC)ccn1. The average Bonchev–Trinajstić information content (AvgIpc) is 2.45. The third-order valence-electron chi connectivity index (χ3n) is 2.47. The second kappa shape index (κ2) is 5.86. The number of hydrogen-bond acceptors (Lipinski definition) is 5. The molecule has 2 rings (SSSR count). The topological polar surface area (TPSA) is 56.3 Å². The lowest BCUT2D eigenvalue weighted by Crippen LogP contribution is -2.03. The highest BCUT2D eigenvalue weighted by atomic mass is 16.5. The lowest BCUT2D eigenvalue weighted by molar-refractivity contribution is 0.393. The second-order valence-corrected chi connectivity index (χ2v) is 3.61. The minimum Gasteiger partial charge on any atom is -0.481 e. The van der Waals surface area contributed by atoms with Crippen molar-refractivity contribution in [1.82, 2.24) is 9.97 Å². The predicted octanol–water partition coefficient (Wildman–Crippen LogP) is 2.11. The summed E-state index contributed by atoms with van der Waals surface area (Å²) in [6, 6.07) is 7.57. The molecule has 1 N–H and O–H groups in total. The van der Waals surface area contributed by atoms with Gasteiger partial charge in [-0.05, 0) is 12.1 Å². The van der Waals surface area contributed by atoms with Crippen molar-refractivity contribution in [2.45, 2.75) is 6.54 Å². The summed E-state index contributed by atoms with van der Waals surface area (Å²) in [5, 5.41) is 3.27. The quantitative estimate of drug-likeness (QED) is 0.874. The maximum atomic E-state index is 5.19. The van der Waals surface area contributed by atoms with Gasteiger partial charge in [0.15, 0.2) is 0 Å². The number of pyridine rings is 2. The van der Waals surface area contributed by atoms with Crippen molar-refractivity contribution in [2.75, 3.05) is 19.5 Å². The smallest absolute Gasteiger partial charge is 0.218 e. The Kier molecular flexibility index (Phi) is 3.96. The summed E-state index contributed by atoms with van der Waals surface area (Å²) < 4.78 is 10.3. The minimum atomic E-state index is 0.582. The fourth-order valence-electron chi connectivity index (χ4n) is 1.57. The molecule has 0 radical (unpaired) electrons. The molecule has 0 aliphatic heterocycles. The van der Waals surface area contributed by atoms with E-state index < -0.39 is 0 Å². The fourth-order valence-corrected chi connectivity index (χ4v) is 1.57. The van der Waals surface area contributed by atoms with Crippen LogP contribution in [0.4, 0.5) is 5.69 Å². The molecule has 0 atom stereocenters. The van der Waals surface area contributed by atoms with Gasteiger partial charge in [-0.1, -0.05) is 6.07 Å². The normalized spacial score (nSPS) is 9.89. The maximum Gasteiger partial charge on any atom is 0.218 e. The van der Waals surface area contributed by atoms with Gasteiger partial charge in [-0.15, -0.1) is 0 Å². The molecular weight excluding hydrogens is 230 g/mol. The van der Waals surface area contributed by atoms with Crippen LogP contribution < -0.4 is 14.8 Å². The molecule has 94 valence electrons. The largest absolute Gasteiger partial charge is 0.481 e. The van der Waals surface area contributed by atoms with Crippen molar-refractivity contribution in [3.8, 4) is 11.8 Å². The van der Waals surface area contributed by atoms with Gasteiger partial charge >= 0.3 is 0 Å². The summed E-state index contributed by atoms with van der Waals surface area (Å²) >= 11 is 0. The molecule has 0 aromatic carbocycles. The van der Waals surface area contributed by atoms with Crippen LogP contribution in [0.5, 0.6) is 11.8 Å². The number of methoxy groups -OCH3 is 2. The van der Waals surface area contributed by atoms with E-state index in [2.05, 4.69) is 15.3 Å². The Labute approximate surface area is 106 Å². The van der Waals surface area contributed by atoms with Crippen LogP contribution >= 0.6 is 0 Å². The zero-order chi connectivity index (χ0) is 12.8. The van der Waals surface area contributed by atoms with Crippen LogP contribution in [0.1, 0.15) is 5.56 Å². The third kappa shape index (κ3) is 2.88. The first-order valence-electron chi connectivity index (χ1n) is 5.55. The number of aromatic nitrogens is 2. The summed E-state index contributed by atoms with van der Waals surface area (Å²) in [5.41, 5.74) is 1.93. The second-order valence-electron chi connectivity index (χ2n) is 3.61. The zero-order valence-corrected chi connectivity index (χ0v) is 10.4. The Morgan fingerprint density at radius 3 is 2.78 bits per heavy atom. The van der Waals surface area contributed by atoms with Crippen molar-refractivity contribution < 1.29 is 9.47 Å². The van der Waals surface area contributed by atoms with Crippen molar-refractivity contribution in [3.63, 3.8) is 0 Å². The fraction of sp³-hybridized carbons (Fsp3) is 0.231. The summed E-state index contributed by atoms with van der Waals surface area (Å²) in [6.45, 7) is 0.629. The molecule has 18 heavy (non-hydrogen) atoms. The van der Waals surface area contributed by atoms with Crippen LogP contribution in [-0.2, 0) is 6.54 Å². The van der Waals surface area contributed by atoms with Crippen molar-refractivity contribution in [3.05, 3.63) is 42.2 Å². The van der Waals surface area contributed by atoms with E-state index in [-0.39, 0.29) is 0 Å². The molecule has 0 amide bonds. The molecule has 0 aliphatic rings.